The van der Waals surface area contributed by atoms with Gasteiger partial charge in [-0.2, -0.15) is 0 Å². The molecule has 0 unspecified atom stereocenters. The summed E-state index contributed by atoms with van der Waals surface area (Å²) in [6.45, 7) is 2.20. The number of furan rings is 1. The molecular formula is C14H15NO4. The molecule has 0 saturated carbocycles. The number of anilines is 1. The van der Waals surface area contributed by atoms with Gasteiger partial charge in [0, 0.05) is 5.69 Å². The van der Waals surface area contributed by atoms with Crippen molar-refractivity contribution in [3.63, 3.8) is 0 Å². The first kappa shape index (κ1) is 13.2. The van der Waals surface area contributed by atoms with Gasteiger partial charge in [-0.05, 0) is 42.8 Å². The number of nitrogens with one attached hydrogen (secondary N) is 1. The molecule has 0 fully saturated rings. The Morgan fingerprint density at radius 1 is 1.26 bits per heavy atom. The summed E-state index contributed by atoms with van der Waals surface area (Å²) in [6, 6.07) is 8.41. The van der Waals surface area contributed by atoms with E-state index in [0.29, 0.717) is 18.1 Å². The van der Waals surface area contributed by atoms with E-state index in [1.807, 2.05) is 6.92 Å². The average Bonchev–Trinajstić information content (AvgIpc) is 2.85. The third-order valence-electron chi connectivity index (χ3n) is 2.80. The Labute approximate surface area is 110 Å². The average molecular weight is 261 g/mol. The van der Waals surface area contributed by atoms with Gasteiger partial charge < -0.3 is 19.9 Å². The minimum Gasteiger partial charge on any atom is -0.478 e. The summed E-state index contributed by atoms with van der Waals surface area (Å²) in [7, 11) is 0. The Bertz CT molecular complexity index is 589. The van der Waals surface area contributed by atoms with E-state index in [4.69, 9.17) is 14.6 Å². The zero-order valence-electron chi connectivity index (χ0n) is 10.5. The molecule has 5 heteroatoms. The van der Waals surface area contributed by atoms with Crippen LogP contribution in [-0.2, 0) is 13.2 Å². The van der Waals surface area contributed by atoms with Crippen molar-refractivity contribution in [2.24, 2.45) is 0 Å². The van der Waals surface area contributed by atoms with Gasteiger partial charge in [-0.15, -0.1) is 0 Å². The van der Waals surface area contributed by atoms with Crippen LogP contribution in [-0.4, -0.2) is 16.2 Å². The fraction of sp³-hybridized carbons (Fsp3) is 0.214. The van der Waals surface area contributed by atoms with Crippen LogP contribution in [0.2, 0.25) is 0 Å². The molecule has 1 aromatic carbocycles. The molecule has 0 aliphatic carbocycles. The summed E-state index contributed by atoms with van der Waals surface area (Å²) in [5, 5.41) is 20.9. The summed E-state index contributed by atoms with van der Waals surface area (Å²) in [5.41, 5.74) is 1.98. The van der Waals surface area contributed by atoms with Crippen molar-refractivity contribution in [3.05, 3.63) is 53.0 Å². The number of carboxylic acid groups (broad SMARTS) is 1. The second-order valence-electron chi connectivity index (χ2n) is 4.21. The number of aryl methyl sites for hydroxylation is 1. The van der Waals surface area contributed by atoms with E-state index in [2.05, 4.69) is 5.32 Å². The van der Waals surface area contributed by atoms with E-state index in [-0.39, 0.29) is 12.2 Å². The highest BCUT2D eigenvalue weighted by atomic mass is 16.4. The largest absolute Gasteiger partial charge is 0.478 e. The summed E-state index contributed by atoms with van der Waals surface area (Å²) in [4.78, 5) is 10.8. The number of rotatable bonds is 5. The SMILES string of the molecule is Cc1cc(C(=O)O)ccc1NCc1ccc(CO)o1. The molecule has 0 spiro atoms. The van der Waals surface area contributed by atoms with Gasteiger partial charge >= 0.3 is 5.97 Å². The number of benzene rings is 1. The third kappa shape index (κ3) is 3.14. The molecule has 0 atom stereocenters. The van der Waals surface area contributed by atoms with Gasteiger partial charge in [0.1, 0.15) is 18.1 Å². The maximum Gasteiger partial charge on any atom is 0.335 e. The number of aliphatic hydroxyl groups is 1. The molecule has 0 amide bonds. The van der Waals surface area contributed by atoms with Gasteiger partial charge in [0.15, 0.2) is 0 Å². The maximum absolute atomic E-state index is 10.8. The number of aromatic carboxylic acids is 1. The van der Waals surface area contributed by atoms with E-state index in [1.165, 1.54) is 0 Å². The normalized spacial score (nSPS) is 10.4. The predicted molar refractivity (Wildman–Crippen MR) is 70.1 cm³/mol. The fourth-order valence-electron chi connectivity index (χ4n) is 1.78. The molecular weight excluding hydrogens is 246 g/mol. The number of hydrogen-bond donors (Lipinski definition) is 3. The fourth-order valence-corrected chi connectivity index (χ4v) is 1.78. The summed E-state index contributed by atoms with van der Waals surface area (Å²) in [6.07, 6.45) is 0. The van der Waals surface area contributed by atoms with Crippen molar-refractivity contribution < 1.29 is 19.4 Å². The van der Waals surface area contributed by atoms with Crippen LogP contribution in [0.25, 0.3) is 0 Å². The number of carbonyl (C=O) groups is 1. The summed E-state index contributed by atoms with van der Waals surface area (Å²) in [5.74, 6) is 0.300. The lowest BCUT2D eigenvalue weighted by molar-refractivity contribution is 0.0697. The van der Waals surface area contributed by atoms with Crippen molar-refractivity contribution in [2.45, 2.75) is 20.1 Å². The van der Waals surface area contributed by atoms with E-state index < -0.39 is 5.97 Å². The van der Waals surface area contributed by atoms with Gasteiger partial charge in [0.05, 0.1) is 12.1 Å². The van der Waals surface area contributed by atoms with E-state index >= 15 is 0 Å². The molecule has 2 aromatic rings. The van der Waals surface area contributed by atoms with Crippen LogP contribution in [0.1, 0.15) is 27.4 Å². The molecule has 0 saturated heterocycles. The lowest BCUT2D eigenvalue weighted by atomic mass is 10.1. The van der Waals surface area contributed by atoms with Crippen LogP contribution in [0.3, 0.4) is 0 Å². The zero-order chi connectivity index (χ0) is 13.8. The van der Waals surface area contributed by atoms with Gasteiger partial charge in [-0.25, -0.2) is 4.79 Å². The minimum absolute atomic E-state index is 0.119. The lowest BCUT2D eigenvalue weighted by Crippen LogP contribution is -2.02. The number of hydrogen-bond acceptors (Lipinski definition) is 4. The first-order valence-electron chi connectivity index (χ1n) is 5.86. The number of aliphatic hydroxyl groups excluding tert-OH is 1. The zero-order valence-corrected chi connectivity index (χ0v) is 10.5. The number of carboxylic acids is 1. The van der Waals surface area contributed by atoms with Crippen LogP contribution in [0.15, 0.2) is 34.7 Å². The molecule has 0 bridgehead atoms. The van der Waals surface area contributed by atoms with Crippen LogP contribution in [0.4, 0.5) is 5.69 Å². The Kier molecular flexibility index (Phi) is 3.87. The quantitative estimate of drug-likeness (QED) is 0.769. The van der Waals surface area contributed by atoms with Crippen molar-refractivity contribution >= 4 is 11.7 Å². The highest BCUT2D eigenvalue weighted by molar-refractivity contribution is 5.88. The van der Waals surface area contributed by atoms with Gasteiger partial charge in [0.2, 0.25) is 0 Å². The molecule has 1 heterocycles. The topological polar surface area (TPSA) is 82.7 Å². The second-order valence-corrected chi connectivity index (χ2v) is 4.21. The van der Waals surface area contributed by atoms with E-state index in [0.717, 1.165) is 11.3 Å². The molecule has 3 N–H and O–H groups in total. The summed E-state index contributed by atoms with van der Waals surface area (Å²) < 4.78 is 5.35. The highest BCUT2D eigenvalue weighted by Crippen LogP contribution is 2.18. The third-order valence-corrected chi connectivity index (χ3v) is 2.80. The van der Waals surface area contributed by atoms with Crippen molar-refractivity contribution in [3.8, 4) is 0 Å². The molecule has 1 aromatic heterocycles. The Morgan fingerprint density at radius 2 is 2.00 bits per heavy atom. The summed E-state index contributed by atoms with van der Waals surface area (Å²) >= 11 is 0. The second kappa shape index (κ2) is 5.58. The monoisotopic (exact) mass is 261 g/mol. The van der Waals surface area contributed by atoms with Crippen LogP contribution in [0.5, 0.6) is 0 Å². The van der Waals surface area contributed by atoms with Crippen molar-refractivity contribution in [1.29, 1.82) is 0 Å². The van der Waals surface area contributed by atoms with Crippen LogP contribution < -0.4 is 5.32 Å². The molecule has 100 valence electrons. The van der Waals surface area contributed by atoms with Crippen LogP contribution in [0, 0.1) is 6.92 Å². The molecule has 2 rings (SSSR count). The predicted octanol–water partition coefficient (Wildman–Crippen LogP) is 2.39. The maximum atomic E-state index is 10.8. The first-order valence-corrected chi connectivity index (χ1v) is 5.86. The minimum atomic E-state index is -0.937. The molecule has 5 nitrogen and oxygen atoms in total. The standard InChI is InChI=1S/C14H15NO4/c1-9-6-10(14(17)18)2-5-13(9)15-7-11-3-4-12(8-16)19-11/h2-6,15-16H,7-8H2,1H3,(H,17,18). The van der Waals surface area contributed by atoms with Gasteiger partial charge in [-0.3, -0.25) is 0 Å². The van der Waals surface area contributed by atoms with E-state index in [1.54, 1.807) is 30.3 Å². The van der Waals surface area contributed by atoms with Gasteiger partial charge in [-0.1, -0.05) is 0 Å². The van der Waals surface area contributed by atoms with Crippen LogP contribution >= 0.6 is 0 Å². The Balaban J connectivity index is 2.05. The first-order chi connectivity index (χ1) is 9.10. The lowest BCUT2D eigenvalue weighted by Gasteiger charge is -2.08. The molecule has 0 radical (unpaired) electrons. The van der Waals surface area contributed by atoms with Gasteiger partial charge in [0.25, 0.3) is 0 Å². The molecule has 0 aliphatic heterocycles. The van der Waals surface area contributed by atoms with Crippen molar-refractivity contribution in [2.75, 3.05) is 5.32 Å². The Morgan fingerprint density at radius 3 is 2.58 bits per heavy atom. The van der Waals surface area contributed by atoms with E-state index in [9.17, 15) is 4.79 Å². The highest BCUT2D eigenvalue weighted by Gasteiger charge is 2.06. The molecule has 19 heavy (non-hydrogen) atoms. The smallest absolute Gasteiger partial charge is 0.335 e. The Hall–Kier alpha value is -2.27. The van der Waals surface area contributed by atoms with Crippen molar-refractivity contribution in [1.82, 2.24) is 0 Å². The molecule has 0 aliphatic rings.